The Balaban J connectivity index is 0.000000902. The molecule has 0 bridgehead atoms. The van der Waals surface area contributed by atoms with Gasteiger partial charge in [0.25, 0.3) is 0 Å². The van der Waals surface area contributed by atoms with E-state index in [1.165, 1.54) is 30.6 Å². The lowest BCUT2D eigenvalue weighted by molar-refractivity contribution is 0.218. The number of anilines is 1. The fourth-order valence-electron chi connectivity index (χ4n) is 3.51. The molecule has 1 saturated heterocycles. The maximum atomic E-state index is 3.68. The molecular formula is C17H30N2. The van der Waals surface area contributed by atoms with Gasteiger partial charge in [0, 0.05) is 24.2 Å². The van der Waals surface area contributed by atoms with Crippen LogP contribution < -0.4 is 10.6 Å². The summed E-state index contributed by atoms with van der Waals surface area (Å²) in [4.78, 5) is 0. The Labute approximate surface area is 119 Å². The lowest BCUT2D eigenvalue weighted by Crippen LogP contribution is -2.42. The summed E-state index contributed by atoms with van der Waals surface area (Å²) in [6.07, 6.45) is 2.65. The molecule has 0 amide bonds. The van der Waals surface area contributed by atoms with E-state index in [4.69, 9.17) is 0 Å². The molecule has 2 aliphatic rings. The van der Waals surface area contributed by atoms with Crippen LogP contribution in [0.5, 0.6) is 0 Å². The first-order valence-corrected chi connectivity index (χ1v) is 6.76. The predicted molar refractivity (Wildman–Crippen MR) is 85.9 cm³/mol. The van der Waals surface area contributed by atoms with Crippen LogP contribution in [0.2, 0.25) is 0 Å². The highest BCUT2D eigenvalue weighted by Gasteiger charge is 2.41. The third-order valence-electron chi connectivity index (χ3n) is 4.69. The molecule has 2 N–H and O–H groups in total. The number of nitrogens with one attached hydrogen (secondary N) is 2. The molecule has 2 heterocycles. The Morgan fingerprint density at radius 2 is 1.89 bits per heavy atom. The largest absolute Gasteiger partial charge is 0.384 e. The quantitative estimate of drug-likeness (QED) is 0.832. The second-order valence-electron chi connectivity index (χ2n) is 5.99. The molecule has 2 unspecified atom stereocenters. The van der Waals surface area contributed by atoms with E-state index in [0.29, 0.717) is 17.4 Å². The van der Waals surface area contributed by atoms with Gasteiger partial charge in [-0.05, 0) is 36.4 Å². The Morgan fingerprint density at radius 1 is 1.16 bits per heavy atom. The summed E-state index contributed by atoms with van der Waals surface area (Å²) in [7, 11) is 0. The zero-order valence-electron chi connectivity index (χ0n) is 10.8. The molecule has 2 aliphatic heterocycles. The molecule has 1 aromatic carbocycles. The average molecular weight is 262 g/mol. The molecule has 19 heavy (non-hydrogen) atoms. The zero-order chi connectivity index (χ0) is 11.9. The van der Waals surface area contributed by atoms with Crippen LogP contribution in [0.15, 0.2) is 24.3 Å². The second-order valence-corrected chi connectivity index (χ2v) is 5.99. The molecule has 2 heteroatoms. The van der Waals surface area contributed by atoms with Crippen molar-refractivity contribution >= 4 is 5.69 Å². The summed E-state index contributed by atoms with van der Waals surface area (Å²) in [5.41, 5.74) is 3.17. The van der Waals surface area contributed by atoms with Crippen LogP contribution in [-0.2, 0) is 0 Å². The topological polar surface area (TPSA) is 24.1 Å². The van der Waals surface area contributed by atoms with E-state index in [1.807, 2.05) is 0 Å². The highest BCUT2D eigenvalue weighted by atomic mass is 15.0. The normalized spacial score (nSPS) is 24.9. The highest BCUT2D eigenvalue weighted by molar-refractivity contribution is 5.58. The molecular weight excluding hydrogens is 232 g/mol. The molecule has 2 nitrogen and oxygen atoms in total. The minimum Gasteiger partial charge on any atom is -0.384 e. The first-order chi connectivity index (χ1) is 8.19. The van der Waals surface area contributed by atoms with Gasteiger partial charge in [-0.2, -0.15) is 0 Å². The van der Waals surface area contributed by atoms with Gasteiger partial charge in [0.15, 0.2) is 0 Å². The van der Waals surface area contributed by atoms with Gasteiger partial charge in [0.1, 0.15) is 0 Å². The number of rotatable bonds is 2. The van der Waals surface area contributed by atoms with Gasteiger partial charge in [-0.3, -0.25) is 0 Å². The molecule has 0 spiro atoms. The van der Waals surface area contributed by atoms with Gasteiger partial charge < -0.3 is 10.6 Å². The Morgan fingerprint density at radius 3 is 2.58 bits per heavy atom. The van der Waals surface area contributed by atoms with Gasteiger partial charge in [0.05, 0.1) is 0 Å². The van der Waals surface area contributed by atoms with Crippen molar-refractivity contribution in [2.45, 2.75) is 53.5 Å². The molecule has 0 aromatic heterocycles. The van der Waals surface area contributed by atoms with Crippen LogP contribution in [0.4, 0.5) is 5.69 Å². The number of hydrogen-bond donors (Lipinski definition) is 2. The van der Waals surface area contributed by atoms with E-state index >= 15 is 0 Å². The molecule has 2 atom stereocenters. The first-order valence-electron chi connectivity index (χ1n) is 6.76. The Bertz CT molecular complexity index is 405. The van der Waals surface area contributed by atoms with E-state index in [2.05, 4.69) is 48.7 Å². The van der Waals surface area contributed by atoms with Gasteiger partial charge in [-0.25, -0.2) is 0 Å². The van der Waals surface area contributed by atoms with Crippen molar-refractivity contribution in [3.05, 3.63) is 29.8 Å². The summed E-state index contributed by atoms with van der Waals surface area (Å²) < 4.78 is 0. The predicted octanol–water partition coefficient (Wildman–Crippen LogP) is 4.25. The van der Waals surface area contributed by atoms with E-state index in [1.54, 1.807) is 0 Å². The average Bonchev–Trinajstić information content (AvgIpc) is 2.99. The van der Waals surface area contributed by atoms with Crippen molar-refractivity contribution in [2.24, 2.45) is 5.41 Å². The lowest BCUT2D eigenvalue weighted by atomic mass is 9.70. The van der Waals surface area contributed by atoms with E-state index in [9.17, 15) is 0 Å². The maximum absolute atomic E-state index is 3.68. The molecule has 1 fully saturated rings. The van der Waals surface area contributed by atoms with Crippen molar-refractivity contribution in [3.8, 4) is 0 Å². The third kappa shape index (κ3) is 2.64. The van der Waals surface area contributed by atoms with Crippen LogP contribution in [-0.4, -0.2) is 19.1 Å². The van der Waals surface area contributed by atoms with E-state index < -0.39 is 0 Å². The van der Waals surface area contributed by atoms with Gasteiger partial charge in [0.2, 0.25) is 0 Å². The lowest BCUT2D eigenvalue weighted by Gasteiger charge is -2.37. The molecule has 0 saturated carbocycles. The number of fused-ring (bicyclic) bond motifs is 1. The van der Waals surface area contributed by atoms with E-state index in [0.717, 1.165) is 6.54 Å². The summed E-state index contributed by atoms with van der Waals surface area (Å²) in [5, 5.41) is 7.23. The monoisotopic (exact) mass is 262 g/mol. The van der Waals surface area contributed by atoms with Crippen LogP contribution in [0.3, 0.4) is 0 Å². The zero-order valence-corrected chi connectivity index (χ0v) is 10.8. The smallest absolute Gasteiger partial charge is 0.0376 e. The minimum absolute atomic E-state index is 0. The summed E-state index contributed by atoms with van der Waals surface area (Å²) in [6, 6.07) is 9.44. The van der Waals surface area contributed by atoms with Gasteiger partial charge >= 0.3 is 0 Å². The minimum atomic E-state index is 0. The fourth-order valence-corrected chi connectivity index (χ4v) is 3.51. The van der Waals surface area contributed by atoms with Crippen LogP contribution in [0.1, 0.15) is 53.0 Å². The number of hydrogen-bond acceptors (Lipinski definition) is 2. The summed E-state index contributed by atoms with van der Waals surface area (Å²) in [5.74, 6) is 0.634. The van der Waals surface area contributed by atoms with Crippen molar-refractivity contribution < 1.29 is 0 Å². The van der Waals surface area contributed by atoms with Crippen molar-refractivity contribution in [1.29, 1.82) is 0 Å². The standard InChI is InChI=1S/C15H22N2.2CH4/c1-15(2,14-8-5-9-16-14)12-10-17-13-7-4-3-6-11(12)13;;/h3-4,6-7,12,14,16-17H,5,8-10H2,1-2H3;2*1H4. The van der Waals surface area contributed by atoms with Crippen molar-refractivity contribution in [1.82, 2.24) is 5.32 Å². The highest BCUT2D eigenvalue weighted by Crippen LogP contribution is 2.46. The van der Waals surface area contributed by atoms with Crippen LogP contribution in [0, 0.1) is 5.41 Å². The summed E-state index contributed by atoms with van der Waals surface area (Å²) in [6.45, 7) is 7.12. The van der Waals surface area contributed by atoms with Crippen LogP contribution >= 0.6 is 0 Å². The van der Waals surface area contributed by atoms with Crippen molar-refractivity contribution in [3.63, 3.8) is 0 Å². The van der Waals surface area contributed by atoms with Gasteiger partial charge in [-0.15, -0.1) is 0 Å². The molecule has 0 aliphatic carbocycles. The molecule has 3 rings (SSSR count). The maximum Gasteiger partial charge on any atom is 0.0376 e. The second kappa shape index (κ2) is 5.96. The SMILES string of the molecule is C.C.CC(C)(C1CCCN1)C1CNc2ccccc21. The number of benzene rings is 1. The fraction of sp³-hybridized carbons (Fsp3) is 0.647. The molecule has 108 valence electrons. The third-order valence-corrected chi connectivity index (χ3v) is 4.69. The van der Waals surface area contributed by atoms with E-state index in [-0.39, 0.29) is 14.9 Å². The first kappa shape index (κ1) is 16.0. The number of para-hydroxylation sites is 1. The Kier molecular flexibility index (Phi) is 5.03. The molecule has 1 aromatic rings. The Hall–Kier alpha value is -1.02. The summed E-state index contributed by atoms with van der Waals surface area (Å²) >= 11 is 0. The molecule has 0 radical (unpaired) electrons. The van der Waals surface area contributed by atoms with Gasteiger partial charge in [-0.1, -0.05) is 46.9 Å². The van der Waals surface area contributed by atoms with Crippen LogP contribution in [0.25, 0.3) is 0 Å². The van der Waals surface area contributed by atoms with Crippen molar-refractivity contribution in [2.75, 3.05) is 18.4 Å².